The molecule has 2 aromatic carbocycles. The summed E-state index contributed by atoms with van der Waals surface area (Å²) in [5.74, 6) is 3.86. The number of terminal acetylenes is 1. The van der Waals surface area contributed by atoms with Crippen molar-refractivity contribution in [1.82, 2.24) is 14.7 Å². The minimum atomic E-state index is -0.629. The van der Waals surface area contributed by atoms with E-state index in [2.05, 4.69) is 24.7 Å². The van der Waals surface area contributed by atoms with Gasteiger partial charge in [0.1, 0.15) is 12.4 Å². The van der Waals surface area contributed by atoms with Gasteiger partial charge in [0, 0.05) is 13.1 Å². The number of ether oxygens (including phenoxy) is 2. The van der Waals surface area contributed by atoms with Gasteiger partial charge >= 0.3 is 0 Å². The predicted molar refractivity (Wildman–Crippen MR) is 131 cm³/mol. The second kappa shape index (κ2) is 12.2. The number of rotatable bonds is 12. The van der Waals surface area contributed by atoms with Crippen molar-refractivity contribution >= 4 is 0 Å². The van der Waals surface area contributed by atoms with Crippen LogP contribution in [0.4, 0.5) is 0 Å². The summed E-state index contributed by atoms with van der Waals surface area (Å²) in [5, 5.41) is 15.2. The molecular weight excluding hydrogens is 414 g/mol. The maximum absolute atomic E-state index is 10.4. The van der Waals surface area contributed by atoms with E-state index in [9.17, 15) is 5.11 Å². The molecule has 0 radical (unpaired) electrons. The summed E-state index contributed by atoms with van der Waals surface area (Å²) >= 11 is 0. The van der Waals surface area contributed by atoms with Crippen LogP contribution in [0.3, 0.4) is 0 Å². The Labute approximate surface area is 196 Å². The minimum Gasteiger partial charge on any atom is -0.439 e. The first kappa shape index (κ1) is 24.5. The zero-order valence-electron chi connectivity index (χ0n) is 19.7. The lowest BCUT2D eigenvalue weighted by atomic mass is 10.2. The van der Waals surface area contributed by atoms with Gasteiger partial charge in [0.15, 0.2) is 0 Å². The zero-order chi connectivity index (χ0) is 23.6. The first-order chi connectivity index (χ1) is 16.0. The monoisotopic (exact) mass is 447 g/mol. The number of benzene rings is 2. The molecule has 0 saturated heterocycles. The van der Waals surface area contributed by atoms with Crippen molar-refractivity contribution in [2.45, 2.75) is 39.8 Å². The van der Waals surface area contributed by atoms with Crippen molar-refractivity contribution in [3.8, 4) is 29.7 Å². The summed E-state index contributed by atoms with van der Waals surface area (Å²) < 4.78 is 13.6. The van der Waals surface area contributed by atoms with E-state index in [1.807, 2.05) is 66.2 Å². The smallest absolute Gasteiger partial charge is 0.227 e. The molecule has 0 fully saturated rings. The van der Waals surface area contributed by atoms with Gasteiger partial charge in [-0.2, -0.15) is 5.10 Å². The average molecular weight is 448 g/mol. The standard InChI is InChI=1S/C27H33N3O3/c1-5-16-29(18-24(31)20-32-17-6-2)19-26-22(4)28-30(23-10-8-7-9-11-23)27(26)33-25-14-12-21(3)13-15-25/h2,7-15,24,31H,5,16-20H2,1,3-4H3. The quantitative estimate of drug-likeness (QED) is 0.327. The van der Waals surface area contributed by atoms with Gasteiger partial charge in [-0.3, -0.25) is 4.90 Å². The maximum atomic E-state index is 10.4. The van der Waals surface area contributed by atoms with Crippen LogP contribution >= 0.6 is 0 Å². The van der Waals surface area contributed by atoms with Crippen LogP contribution in [0.5, 0.6) is 11.6 Å². The lowest BCUT2D eigenvalue weighted by molar-refractivity contribution is 0.0259. The number of aryl methyl sites for hydroxylation is 2. The highest BCUT2D eigenvalue weighted by Crippen LogP contribution is 2.31. The molecule has 0 aliphatic rings. The highest BCUT2D eigenvalue weighted by Gasteiger charge is 2.22. The molecule has 0 amide bonds. The number of aromatic nitrogens is 2. The number of para-hydroxylation sites is 1. The molecule has 3 aromatic rings. The second-order valence-corrected chi connectivity index (χ2v) is 8.14. The van der Waals surface area contributed by atoms with Crippen LogP contribution in [0.15, 0.2) is 54.6 Å². The molecule has 3 rings (SSSR count). The summed E-state index contributed by atoms with van der Waals surface area (Å²) in [6.45, 7) is 8.46. The Morgan fingerprint density at radius 2 is 1.85 bits per heavy atom. The number of hydrogen-bond acceptors (Lipinski definition) is 5. The van der Waals surface area contributed by atoms with Crippen molar-refractivity contribution in [2.75, 3.05) is 26.3 Å². The molecule has 33 heavy (non-hydrogen) atoms. The molecule has 1 unspecified atom stereocenters. The van der Waals surface area contributed by atoms with E-state index in [-0.39, 0.29) is 13.2 Å². The van der Waals surface area contributed by atoms with Gasteiger partial charge in [-0.05, 0) is 51.1 Å². The van der Waals surface area contributed by atoms with E-state index in [0.29, 0.717) is 19.0 Å². The average Bonchev–Trinajstić information content (AvgIpc) is 3.11. The lowest BCUT2D eigenvalue weighted by Crippen LogP contribution is -2.35. The van der Waals surface area contributed by atoms with E-state index in [1.54, 1.807) is 0 Å². The number of nitrogens with zero attached hydrogens (tertiary/aromatic N) is 3. The summed E-state index contributed by atoms with van der Waals surface area (Å²) in [5.41, 5.74) is 3.98. The van der Waals surface area contributed by atoms with Crippen LogP contribution < -0.4 is 4.74 Å². The highest BCUT2D eigenvalue weighted by molar-refractivity contribution is 5.43. The lowest BCUT2D eigenvalue weighted by Gasteiger charge is -2.25. The first-order valence-electron chi connectivity index (χ1n) is 11.3. The first-order valence-corrected chi connectivity index (χ1v) is 11.3. The number of hydrogen-bond donors (Lipinski definition) is 1. The van der Waals surface area contributed by atoms with E-state index in [0.717, 1.165) is 35.7 Å². The maximum Gasteiger partial charge on any atom is 0.227 e. The molecule has 0 bridgehead atoms. The molecule has 1 aromatic heterocycles. The summed E-state index contributed by atoms with van der Waals surface area (Å²) in [6, 6.07) is 18.0. The molecule has 0 aliphatic heterocycles. The molecule has 1 heterocycles. The molecule has 0 aliphatic carbocycles. The fourth-order valence-corrected chi connectivity index (χ4v) is 3.67. The van der Waals surface area contributed by atoms with Gasteiger partial charge in [0.25, 0.3) is 0 Å². The third kappa shape index (κ3) is 6.93. The van der Waals surface area contributed by atoms with Gasteiger partial charge in [-0.25, -0.2) is 4.68 Å². The Morgan fingerprint density at radius 1 is 1.12 bits per heavy atom. The molecule has 6 nitrogen and oxygen atoms in total. The SMILES string of the molecule is C#CCOCC(O)CN(CCC)Cc1c(C)nn(-c2ccccc2)c1Oc1ccc(C)cc1. The molecule has 0 saturated carbocycles. The fraction of sp³-hybridized carbons (Fsp3) is 0.370. The predicted octanol–water partition coefficient (Wildman–Crippen LogP) is 4.50. The molecule has 174 valence electrons. The van der Waals surface area contributed by atoms with Crippen molar-refractivity contribution in [2.24, 2.45) is 0 Å². The van der Waals surface area contributed by atoms with Gasteiger partial charge < -0.3 is 14.6 Å². The third-order valence-corrected chi connectivity index (χ3v) is 5.26. The van der Waals surface area contributed by atoms with E-state index in [4.69, 9.17) is 21.0 Å². The van der Waals surface area contributed by atoms with Crippen LogP contribution in [0.1, 0.15) is 30.2 Å². The third-order valence-electron chi connectivity index (χ3n) is 5.26. The van der Waals surface area contributed by atoms with Gasteiger partial charge in [-0.1, -0.05) is 48.7 Å². The highest BCUT2D eigenvalue weighted by atomic mass is 16.5. The number of aliphatic hydroxyl groups is 1. The Hall–Kier alpha value is -3.11. The van der Waals surface area contributed by atoms with E-state index in [1.165, 1.54) is 5.56 Å². The summed E-state index contributed by atoms with van der Waals surface area (Å²) in [6.07, 6.45) is 5.56. The van der Waals surface area contributed by atoms with Crippen LogP contribution in [-0.2, 0) is 11.3 Å². The Balaban J connectivity index is 1.91. The van der Waals surface area contributed by atoms with Crippen LogP contribution in [0, 0.1) is 26.2 Å². The van der Waals surface area contributed by atoms with Crippen molar-refractivity contribution in [1.29, 1.82) is 0 Å². The van der Waals surface area contributed by atoms with Crippen molar-refractivity contribution in [3.63, 3.8) is 0 Å². The largest absolute Gasteiger partial charge is 0.439 e. The van der Waals surface area contributed by atoms with Crippen LogP contribution in [-0.4, -0.2) is 52.2 Å². The van der Waals surface area contributed by atoms with Crippen LogP contribution in [0.2, 0.25) is 0 Å². The zero-order valence-corrected chi connectivity index (χ0v) is 19.7. The topological polar surface area (TPSA) is 59.8 Å². The Kier molecular flexibility index (Phi) is 9.08. The van der Waals surface area contributed by atoms with Crippen molar-refractivity contribution in [3.05, 3.63) is 71.4 Å². The Morgan fingerprint density at radius 3 is 2.52 bits per heavy atom. The van der Waals surface area contributed by atoms with E-state index < -0.39 is 6.10 Å². The number of aliphatic hydroxyl groups excluding tert-OH is 1. The van der Waals surface area contributed by atoms with Gasteiger partial charge in [0.2, 0.25) is 5.88 Å². The second-order valence-electron chi connectivity index (χ2n) is 8.14. The fourth-order valence-electron chi connectivity index (χ4n) is 3.67. The Bertz CT molecular complexity index is 1040. The summed E-state index contributed by atoms with van der Waals surface area (Å²) in [7, 11) is 0. The van der Waals surface area contributed by atoms with Gasteiger partial charge in [0.05, 0.1) is 29.7 Å². The molecule has 0 spiro atoms. The normalized spacial score (nSPS) is 12.0. The molecule has 6 heteroatoms. The van der Waals surface area contributed by atoms with Crippen molar-refractivity contribution < 1.29 is 14.6 Å². The minimum absolute atomic E-state index is 0.197. The molecule has 1 atom stereocenters. The van der Waals surface area contributed by atoms with E-state index >= 15 is 0 Å². The van der Waals surface area contributed by atoms with Crippen LogP contribution in [0.25, 0.3) is 5.69 Å². The summed E-state index contributed by atoms with van der Waals surface area (Å²) in [4.78, 5) is 2.20. The molecule has 1 N–H and O–H groups in total. The molecular formula is C27H33N3O3. The van der Waals surface area contributed by atoms with Gasteiger partial charge in [-0.15, -0.1) is 6.42 Å².